The van der Waals surface area contributed by atoms with Crippen molar-refractivity contribution < 1.29 is 4.79 Å². The Balaban J connectivity index is 2.53. The minimum absolute atomic E-state index is 0.0979. The first-order chi connectivity index (χ1) is 7.09. The van der Waals surface area contributed by atoms with Crippen LogP contribution in [0.4, 0.5) is 0 Å². The third-order valence-electron chi connectivity index (χ3n) is 2.31. The SMILES string of the molecule is CCC(C)(C#N)NC(=O)Cc1ccsc1. The van der Waals surface area contributed by atoms with Crippen molar-refractivity contribution in [3.8, 4) is 6.07 Å². The fourth-order valence-electron chi connectivity index (χ4n) is 1.13. The second-order valence-corrected chi connectivity index (χ2v) is 4.43. The van der Waals surface area contributed by atoms with Gasteiger partial charge in [0.2, 0.25) is 5.91 Å². The number of carbonyl (C=O) groups excluding carboxylic acids is 1. The van der Waals surface area contributed by atoms with Crippen LogP contribution >= 0.6 is 11.3 Å². The zero-order valence-corrected chi connectivity index (χ0v) is 9.73. The molecule has 0 radical (unpaired) electrons. The minimum atomic E-state index is -0.743. The Morgan fingerprint density at radius 1 is 1.73 bits per heavy atom. The van der Waals surface area contributed by atoms with E-state index in [2.05, 4.69) is 11.4 Å². The van der Waals surface area contributed by atoms with E-state index in [0.717, 1.165) is 5.56 Å². The molecule has 1 amide bonds. The van der Waals surface area contributed by atoms with Crippen molar-refractivity contribution in [2.45, 2.75) is 32.2 Å². The summed E-state index contributed by atoms with van der Waals surface area (Å²) in [7, 11) is 0. The molecule has 15 heavy (non-hydrogen) atoms. The smallest absolute Gasteiger partial charge is 0.225 e. The van der Waals surface area contributed by atoms with Gasteiger partial charge in [0.25, 0.3) is 0 Å². The number of rotatable bonds is 4. The lowest BCUT2D eigenvalue weighted by Gasteiger charge is -2.20. The minimum Gasteiger partial charge on any atom is -0.338 e. The van der Waals surface area contributed by atoms with Crippen LogP contribution in [-0.2, 0) is 11.2 Å². The van der Waals surface area contributed by atoms with Crippen molar-refractivity contribution in [3.63, 3.8) is 0 Å². The van der Waals surface area contributed by atoms with Gasteiger partial charge in [-0.05, 0) is 35.7 Å². The number of hydrogen-bond acceptors (Lipinski definition) is 3. The van der Waals surface area contributed by atoms with E-state index < -0.39 is 5.54 Å². The van der Waals surface area contributed by atoms with Crippen LogP contribution in [0.3, 0.4) is 0 Å². The van der Waals surface area contributed by atoms with Gasteiger partial charge in [-0.2, -0.15) is 16.6 Å². The molecule has 0 bridgehead atoms. The average Bonchev–Trinajstić information content (AvgIpc) is 2.70. The number of hydrogen-bond donors (Lipinski definition) is 1. The molecular weight excluding hydrogens is 208 g/mol. The van der Waals surface area contributed by atoms with Crippen molar-refractivity contribution in [2.75, 3.05) is 0 Å². The van der Waals surface area contributed by atoms with Crippen LogP contribution in [0.1, 0.15) is 25.8 Å². The highest BCUT2D eigenvalue weighted by molar-refractivity contribution is 7.07. The van der Waals surface area contributed by atoms with Gasteiger partial charge in [0, 0.05) is 0 Å². The Kier molecular flexibility index (Phi) is 3.87. The molecule has 0 aliphatic rings. The van der Waals surface area contributed by atoms with Crippen LogP contribution in [0, 0.1) is 11.3 Å². The summed E-state index contributed by atoms with van der Waals surface area (Å²) >= 11 is 1.57. The van der Waals surface area contributed by atoms with Gasteiger partial charge in [-0.25, -0.2) is 0 Å². The van der Waals surface area contributed by atoms with Gasteiger partial charge in [-0.1, -0.05) is 6.92 Å². The molecule has 0 aliphatic carbocycles. The summed E-state index contributed by atoms with van der Waals surface area (Å²) in [6, 6.07) is 4.03. The highest BCUT2D eigenvalue weighted by Crippen LogP contribution is 2.10. The lowest BCUT2D eigenvalue weighted by atomic mass is 10.0. The number of nitrogens with zero attached hydrogens (tertiary/aromatic N) is 1. The summed E-state index contributed by atoms with van der Waals surface area (Å²) in [6.45, 7) is 3.62. The molecule has 0 aliphatic heterocycles. The second-order valence-electron chi connectivity index (χ2n) is 3.65. The van der Waals surface area contributed by atoms with Crippen molar-refractivity contribution in [1.29, 1.82) is 5.26 Å². The third kappa shape index (κ3) is 3.37. The summed E-state index contributed by atoms with van der Waals surface area (Å²) in [5.41, 5.74) is 0.251. The maximum Gasteiger partial charge on any atom is 0.225 e. The van der Waals surface area contributed by atoms with Crippen LogP contribution in [0.25, 0.3) is 0 Å². The summed E-state index contributed by atoms with van der Waals surface area (Å²) in [4.78, 5) is 11.6. The predicted molar refractivity (Wildman–Crippen MR) is 60.5 cm³/mol. The largest absolute Gasteiger partial charge is 0.338 e. The molecule has 0 aromatic carbocycles. The summed E-state index contributed by atoms with van der Waals surface area (Å²) in [6.07, 6.45) is 0.958. The molecule has 80 valence electrons. The Labute approximate surface area is 93.7 Å². The van der Waals surface area contributed by atoms with Gasteiger partial charge in [-0.3, -0.25) is 4.79 Å². The molecule has 0 fully saturated rings. The molecule has 1 N–H and O–H groups in total. The Morgan fingerprint density at radius 2 is 2.47 bits per heavy atom. The molecule has 0 saturated heterocycles. The highest BCUT2D eigenvalue weighted by atomic mass is 32.1. The van der Waals surface area contributed by atoms with Crippen LogP contribution in [0.15, 0.2) is 16.8 Å². The van der Waals surface area contributed by atoms with Crippen molar-refractivity contribution in [3.05, 3.63) is 22.4 Å². The summed E-state index contributed by atoms with van der Waals surface area (Å²) in [5, 5.41) is 15.5. The van der Waals surface area contributed by atoms with Gasteiger partial charge in [0.15, 0.2) is 0 Å². The molecule has 4 heteroatoms. The van der Waals surface area contributed by atoms with E-state index >= 15 is 0 Å². The number of nitriles is 1. The maximum atomic E-state index is 11.6. The molecule has 1 rings (SSSR count). The maximum absolute atomic E-state index is 11.6. The molecular formula is C11H14N2OS. The molecule has 3 nitrogen and oxygen atoms in total. The first-order valence-corrected chi connectivity index (χ1v) is 5.77. The number of carbonyl (C=O) groups is 1. The highest BCUT2D eigenvalue weighted by Gasteiger charge is 2.23. The number of thiophene rings is 1. The Morgan fingerprint density at radius 3 is 2.93 bits per heavy atom. The van der Waals surface area contributed by atoms with E-state index in [1.54, 1.807) is 18.3 Å². The molecule has 0 spiro atoms. The van der Waals surface area contributed by atoms with Crippen molar-refractivity contribution >= 4 is 17.2 Å². The molecule has 1 unspecified atom stereocenters. The predicted octanol–water partition coefficient (Wildman–Crippen LogP) is 2.10. The lowest BCUT2D eigenvalue weighted by molar-refractivity contribution is -0.121. The fraction of sp³-hybridized carbons (Fsp3) is 0.455. The first-order valence-electron chi connectivity index (χ1n) is 4.83. The van der Waals surface area contributed by atoms with Crippen LogP contribution in [0.5, 0.6) is 0 Å². The second kappa shape index (κ2) is 4.94. The molecule has 0 saturated carbocycles. The summed E-state index contributed by atoms with van der Waals surface area (Å²) < 4.78 is 0. The first kappa shape index (κ1) is 11.7. The van der Waals surface area contributed by atoms with E-state index in [0.29, 0.717) is 12.8 Å². The van der Waals surface area contributed by atoms with Gasteiger partial charge < -0.3 is 5.32 Å². The van der Waals surface area contributed by atoms with Gasteiger partial charge in [-0.15, -0.1) is 0 Å². The summed E-state index contributed by atoms with van der Waals surface area (Å²) in [5.74, 6) is -0.0979. The van der Waals surface area contributed by atoms with E-state index in [1.165, 1.54) is 0 Å². The normalized spacial score (nSPS) is 13.9. The van der Waals surface area contributed by atoms with Crippen LogP contribution < -0.4 is 5.32 Å². The van der Waals surface area contributed by atoms with E-state index in [4.69, 9.17) is 5.26 Å². The lowest BCUT2D eigenvalue weighted by Crippen LogP contribution is -2.44. The van der Waals surface area contributed by atoms with Gasteiger partial charge >= 0.3 is 0 Å². The van der Waals surface area contributed by atoms with E-state index in [1.807, 2.05) is 23.8 Å². The number of nitrogens with one attached hydrogen (secondary N) is 1. The molecule has 1 aromatic heterocycles. The quantitative estimate of drug-likeness (QED) is 0.848. The van der Waals surface area contributed by atoms with Crippen LogP contribution in [0.2, 0.25) is 0 Å². The topological polar surface area (TPSA) is 52.9 Å². The zero-order valence-electron chi connectivity index (χ0n) is 8.91. The molecule has 1 aromatic rings. The van der Waals surface area contributed by atoms with Crippen molar-refractivity contribution in [2.24, 2.45) is 0 Å². The Bertz CT molecular complexity index is 366. The Hall–Kier alpha value is -1.34. The monoisotopic (exact) mass is 222 g/mol. The zero-order chi connectivity index (χ0) is 11.3. The van der Waals surface area contributed by atoms with Gasteiger partial charge in [0.1, 0.15) is 5.54 Å². The third-order valence-corrected chi connectivity index (χ3v) is 3.05. The fourth-order valence-corrected chi connectivity index (χ4v) is 1.79. The molecule has 1 atom stereocenters. The van der Waals surface area contributed by atoms with E-state index in [-0.39, 0.29) is 5.91 Å². The van der Waals surface area contributed by atoms with E-state index in [9.17, 15) is 4.79 Å². The average molecular weight is 222 g/mol. The van der Waals surface area contributed by atoms with Gasteiger partial charge in [0.05, 0.1) is 12.5 Å². The standard InChI is InChI=1S/C11H14N2OS/c1-3-11(2,8-12)13-10(14)6-9-4-5-15-7-9/h4-5,7H,3,6H2,1-2H3,(H,13,14). The molecule has 1 heterocycles. The van der Waals surface area contributed by atoms with Crippen molar-refractivity contribution in [1.82, 2.24) is 5.32 Å². The number of amides is 1. The van der Waals surface area contributed by atoms with Crippen LogP contribution in [-0.4, -0.2) is 11.4 Å².